The lowest BCUT2D eigenvalue weighted by atomic mass is 10.2. The van der Waals surface area contributed by atoms with Gasteiger partial charge in [0.25, 0.3) is 0 Å². The summed E-state index contributed by atoms with van der Waals surface area (Å²) in [6, 6.07) is 0. The molecular formula is C11H25NO4. The molecular weight excluding hydrogens is 210 g/mol. The Morgan fingerprint density at radius 3 is 2.25 bits per heavy atom. The van der Waals surface area contributed by atoms with E-state index in [2.05, 4.69) is 5.32 Å². The summed E-state index contributed by atoms with van der Waals surface area (Å²) in [4.78, 5) is 11.1. The van der Waals surface area contributed by atoms with Gasteiger partial charge < -0.3 is 19.5 Å². The van der Waals surface area contributed by atoms with E-state index in [4.69, 9.17) is 14.2 Å². The maximum Gasteiger partial charge on any atom is 0.222 e. The van der Waals surface area contributed by atoms with Crippen LogP contribution in [0.5, 0.6) is 0 Å². The molecule has 0 atom stereocenters. The van der Waals surface area contributed by atoms with Gasteiger partial charge in [-0.3, -0.25) is 4.79 Å². The minimum absolute atomic E-state index is 0. The summed E-state index contributed by atoms with van der Waals surface area (Å²) in [7, 11) is 1.64. The van der Waals surface area contributed by atoms with Crippen LogP contribution in [0.4, 0.5) is 0 Å². The molecule has 0 unspecified atom stereocenters. The predicted octanol–water partition coefficient (Wildman–Crippen LogP) is 0.684. The topological polar surface area (TPSA) is 56.8 Å². The van der Waals surface area contributed by atoms with Crippen LogP contribution in [0.25, 0.3) is 0 Å². The first-order valence-corrected chi connectivity index (χ1v) is 5.60. The van der Waals surface area contributed by atoms with Crippen LogP contribution < -0.4 is 5.32 Å². The van der Waals surface area contributed by atoms with Crippen LogP contribution >= 0.6 is 0 Å². The van der Waals surface area contributed by atoms with Gasteiger partial charge in [0, 0.05) is 21.0 Å². The standard InChI is InChI=1S/C11H23NO4.H2/c1-10(2)11(13)12-4-5-15-8-9-16-7-6-14-3;/h10H,4-9H2,1-3H3,(H,12,13);1H. The third-order valence-electron chi connectivity index (χ3n) is 1.87. The first-order chi connectivity index (χ1) is 7.68. The molecule has 0 rings (SSSR count). The number of nitrogens with one attached hydrogen (secondary N) is 1. The zero-order chi connectivity index (χ0) is 12.2. The van der Waals surface area contributed by atoms with Gasteiger partial charge in [-0.2, -0.15) is 0 Å². The number of carbonyl (C=O) groups excluding carboxylic acids is 1. The molecule has 0 fully saturated rings. The molecule has 5 heteroatoms. The quantitative estimate of drug-likeness (QED) is 0.566. The molecule has 0 saturated heterocycles. The molecule has 0 bridgehead atoms. The molecule has 5 nitrogen and oxygen atoms in total. The molecule has 0 heterocycles. The Balaban J connectivity index is 0. The number of methoxy groups -OCH3 is 1. The molecule has 1 amide bonds. The zero-order valence-electron chi connectivity index (χ0n) is 10.5. The number of amides is 1. The summed E-state index contributed by atoms with van der Waals surface area (Å²) >= 11 is 0. The lowest BCUT2D eigenvalue weighted by Gasteiger charge is -2.08. The van der Waals surface area contributed by atoms with Crippen molar-refractivity contribution in [2.24, 2.45) is 5.92 Å². The fourth-order valence-electron chi connectivity index (χ4n) is 0.915. The molecule has 0 aromatic heterocycles. The molecule has 0 radical (unpaired) electrons. The van der Waals surface area contributed by atoms with Crippen LogP contribution in [0.2, 0.25) is 0 Å². The highest BCUT2D eigenvalue weighted by Crippen LogP contribution is 1.89. The number of carbonyl (C=O) groups is 1. The molecule has 0 spiro atoms. The zero-order valence-corrected chi connectivity index (χ0v) is 10.5. The Morgan fingerprint density at radius 2 is 1.69 bits per heavy atom. The Morgan fingerprint density at radius 1 is 1.12 bits per heavy atom. The fraction of sp³-hybridized carbons (Fsp3) is 0.909. The van der Waals surface area contributed by atoms with Crippen molar-refractivity contribution in [3.8, 4) is 0 Å². The number of hydrogen-bond donors (Lipinski definition) is 1. The first kappa shape index (κ1) is 15.3. The average Bonchev–Trinajstić information content (AvgIpc) is 2.26. The van der Waals surface area contributed by atoms with Gasteiger partial charge in [-0.05, 0) is 0 Å². The molecule has 0 aliphatic heterocycles. The number of ether oxygens (including phenoxy) is 3. The molecule has 0 aromatic rings. The highest BCUT2D eigenvalue weighted by atomic mass is 16.5. The van der Waals surface area contributed by atoms with E-state index < -0.39 is 0 Å². The van der Waals surface area contributed by atoms with Crippen molar-refractivity contribution in [2.45, 2.75) is 13.8 Å². The second-order valence-electron chi connectivity index (χ2n) is 3.66. The molecule has 0 aliphatic rings. The molecule has 1 N–H and O–H groups in total. The van der Waals surface area contributed by atoms with Crippen LogP contribution in [0, 0.1) is 5.92 Å². The predicted molar refractivity (Wildman–Crippen MR) is 63.5 cm³/mol. The van der Waals surface area contributed by atoms with Crippen molar-refractivity contribution in [1.82, 2.24) is 5.32 Å². The van der Waals surface area contributed by atoms with Crippen molar-refractivity contribution in [1.29, 1.82) is 0 Å². The third-order valence-corrected chi connectivity index (χ3v) is 1.87. The van der Waals surface area contributed by atoms with Crippen LogP contribution in [-0.2, 0) is 19.0 Å². The van der Waals surface area contributed by atoms with E-state index >= 15 is 0 Å². The van der Waals surface area contributed by atoms with Crippen LogP contribution in [0.15, 0.2) is 0 Å². The van der Waals surface area contributed by atoms with Crippen LogP contribution in [-0.4, -0.2) is 52.6 Å². The first-order valence-electron chi connectivity index (χ1n) is 5.60. The van der Waals surface area contributed by atoms with Gasteiger partial charge in [0.1, 0.15) is 0 Å². The molecule has 0 aliphatic carbocycles. The number of hydrogen-bond acceptors (Lipinski definition) is 4. The van der Waals surface area contributed by atoms with Crippen molar-refractivity contribution >= 4 is 5.91 Å². The fourth-order valence-corrected chi connectivity index (χ4v) is 0.915. The molecule has 0 saturated carbocycles. The average molecular weight is 235 g/mol. The normalized spacial score (nSPS) is 10.8. The smallest absolute Gasteiger partial charge is 0.222 e. The SMILES string of the molecule is COCCOCCOCCNC(=O)C(C)C.[HH]. The van der Waals surface area contributed by atoms with Gasteiger partial charge in [0.05, 0.1) is 33.0 Å². The Kier molecular flexibility index (Phi) is 10.4. The van der Waals surface area contributed by atoms with Crippen LogP contribution in [0.3, 0.4) is 0 Å². The van der Waals surface area contributed by atoms with Crippen molar-refractivity contribution in [3.05, 3.63) is 0 Å². The Bertz CT molecular complexity index is 179. The largest absolute Gasteiger partial charge is 0.382 e. The van der Waals surface area contributed by atoms with Crippen molar-refractivity contribution < 1.29 is 20.4 Å². The van der Waals surface area contributed by atoms with Crippen molar-refractivity contribution in [2.75, 3.05) is 46.7 Å². The van der Waals surface area contributed by atoms with Gasteiger partial charge >= 0.3 is 0 Å². The van der Waals surface area contributed by atoms with Gasteiger partial charge in [-0.25, -0.2) is 0 Å². The van der Waals surface area contributed by atoms with Gasteiger partial charge in [0.2, 0.25) is 5.91 Å². The highest BCUT2D eigenvalue weighted by molar-refractivity contribution is 5.77. The minimum atomic E-state index is 0. The third kappa shape index (κ3) is 9.89. The van der Waals surface area contributed by atoms with Gasteiger partial charge in [-0.1, -0.05) is 13.8 Å². The van der Waals surface area contributed by atoms with E-state index in [0.717, 1.165) is 0 Å². The second-order valence-corrected chi connectivity index (χ2v) is 3.66. The molecule has 98 valence electrons. The van der Waals surface area contributed by atoms with E-state index in [0.29, 0.717) is 39.6 Å². The maximum atomic E-state index is 11.1. The van der Waals surface area contributed by atoms with Gasteiger partial charge in [-0.15, -0.1) is 0 Å². The lowest BCUT2D eigenvalue weighted by molar-refractivity contribution is -0.124. The maximum absolute atomic E-state index is 11.1. The minimum Gasteiger partial charge on any atom is -0.382 e. The Labute approximate surface area is 98.9 Å². The van der Waals surface area contributed by atoms with Crippen LogP contribution in [0.1, 0.15) is 15.3 Å². The Hall–Kier alpha value is -0.650. The van der Waals surface area contributed by atoms with E-state index in [-0.39, 0.29) is 13.3 Å². The van der Waals surface area contributed by atoms with Crippen molar-refractivity contribution in [3.63, 3.8) is 0 Å². The summed E-state index contributed by atoms with van der Waals surface area (Å²) in [5, 5.41) is 2.77. The lowest BCUT2D eigenvalue weighted by Crippen LogP contribution is -2.31. The summed E-state index contributed by atoms with van der Waals surface area (Å²) in [5.41, 5.74) is 0. The molecule has 16 heavy (non-hydrogen) atoms. The van der Waals surface area contributed by atoms with E-state index in [9.17, 15) is 4.79 Å². The number of rotatable bonds is 10. The summed E-state index contributed by atoms with van der Waals surface area (Å²) in [5.74, 6) is 0.0809. The summed E-state index contributed by atoms with van der Waals surface area (Å²) in [6.07, 6.45) is 0. The van der Waals surface area contributed by atoms with E-state index in [1.807, 2.05) is 13.8 Å². The summed E-state index contributed by atoms with van der Waals surface area (Å²) in [6.45, 7) is 7.08. The summed E-state index contributed by atoms with van der Waals surface area (Å²) < 4.78 is 15.3. The molecule has 0 aromatic carbocycles. The monoisotopic (exact) mass is 235 g/mol. The van der Waals surface area contributed by atoms with Gasteiger partial charge in [0.15, 0.2) is 0 Å². The second kappa shape index (κ2) is 10.9. The van der Waals surface area contributed by atoms with E-state index in [1.165, 1.54) is 0 Å². The highest BCUT2D eigenvalue weighted by Gasteiger charge is 2.04. The van der Waals surface area contributed by atoms with E-state index in [1.54, 1.807) is 7.11 Å².